The minimum Gasteiger partial charge on any atom is -0.497 e. The zero-order chi connectivity index (χ0) is 23.0. The Kier molecular flexibility index (Phi) is 8.40. The van der Waals surface area contributed by atoms with Crippen molar-refractivity contribution in [1.82, 2.24) is 4.72 Å². The highest BCUT2D eigenvalue weighted by Gasteiger charge is 2.30. The normalized spacial score (nSPS) is 12.2. The first-order valence-corrected chi connectivity index (χ1v) is 10.9. The Labute approximate surface area is 181 Å². The van der Waals surface area contributed by atoms with Crippen LogP contribution in [0.15, 0.2) is 53.4 Å². The molecule has 0 spiro atoms. The van der Waals surface area contributed by atoms with Gasteiger partial charge in [-0.1, -0.05) is 19.9 Å². The number of benzene rings is 2. The maximum atomic E-state index is 12.6. The Morgan fingerprint density at radius 3 is 2.19 bits per heavy atom. The molecule has 0 saturated heterocycles. The third-order valence-corrected chi connectivity index (χ3v) is 5.73. The van der Waals surface area contributed by atoms with Crippen LogP contribution in [-0.2, 0) is 24.3 Å². The van der Waals surface area contributed by atoms with E-state index in [1.54, 1.807) is 38.1 Å². The van der Waals surface area contributed by atoms with Crippen LogP contribution >= 0.6 is 0 Å². The molecular formula is C21H26N2O7S. The third-order valence-electron chi connectivity index (χ3n) is 4.27. The fourth-order valence-electron chi connectivity index (χ4n) is 2.57. The molecule has 0 saturated carbocycles. The van der Waals surface area contributed by atoms with E-state index in [-0.39, 0.29) is 4.90 Å². The van der Waals surface area contributed by atoms with Crippen molar-refractivity contribution in [2.45, 2.75) is 24.8 Å². The van der Waals surface area contributed by atoms with Crippen molar-refractivity contribution in [3.05, 3.63) is 48.5 Å². The summed E-state index contributed by atoms with van der Waals surface area (Å²) in [5.74, 6) is -0.777. The van der Waals surface area contributed by atoms with Crippen molar-refractivity contribution in [1.29, 1.82) is 0 Å². The van der Waals surface area contributed by atoms with Gasteiger partial charge in [0.05, 0.1) is 19.1 Å². The molecule has 1 amide bonds. The van der Waals surface area contributed by atoms with Crippen LogP contribution in [0.25, 0.3) is 0 Å². The average Bonchev–Trinajstić information content (AvgIpc) is 2.75. The molecule has 2 aromatic rings. The Bertz CT molecular complexity index is 1000. The van der Waals surface area contributed by atoms with E-state index < -0.39 is 40.5 Å². The van der Waals surface area contributed by atoms with Gasteiger partial charge in [0.1, 0.15) is 17.5 Å². The van der Waals surface area contributed by atoms with E-state index in [1.165, 1.54) is 38.5 Å². The summed E-state index contributed by atoms with van der Waals surface area (Å²) in [5, 5.41) is 2.58. The lowest BCUT2D eigenvalue weighted by Gasteiger charge is -2.20. The van der Waals surface area contributed by atoms with Gasteiger partial charge in [0.2, 0.25) is 10.0 Å². The first-order chi connectivity index (χ1) is 14.7. The van der Waals surface area contributed by atoms with Gasteiger partial charge < -0.3 is 19.5 Å². The van der Waals surface area contributed by atoms with Crippen LogP contribution < -0.4 is 19.5 Å². The van der Waals surface area contributed by atoms with Crippen molar-refractivity contribution in [2.24, 2.45) is 5.92 Å². The molecule has 168 valence electrons. The standard InChI is InChI=1S/C21H26N2O7S/c1-14(2)20(23-31(26,27)18-10-8-16(28-3)9-11-18)21(25)30-13-19(24)22-15-6-5-7-17(12-15)29-4/h5-12,14,20,23H,13H2,1-4H3,(H,22,24). The number of amides is 1. The number of hydrogen-bond acceptors (Lipinski definition) is 7. The zero-order valence-electron chi connectivity index (χ0n) is 17.7. The minimum absolute atomic E-state index is 0.0254. The summed E-state index contributed by atoms with van der Waals surface area (Å²) in [5.41, 5.74) is 0.473. The van der Waals surface area contributed by atoms with Gasteiger partial charge in [-0.3, -0.25) is 9.59 Å². The van der Waals surface area contributed by atoms with Crippen molar-refractivity contribution >= 4 is 27.6 Å². The summed E-state index contributed by atoms with van der Waals surface area (Å²) in [7, 11) is -1.02. The van der Waals surface area contributed by atoms with Gasteiger partial charge in [-0.2, -0.15) is 4.72 Å². The minimum atomic E-state index is -3.99. The molecule has 10 heteroatoms. The Morgan fingerprint density at radius 2 is 1.61 bits per heavy atom. The Balaban J connectivity index is 2.00. The van der Waals surface area contributed by atoms with E-state index in [9.17, 15) is 18.0 Å². The average molecular weight is 451 g/mol. The zero-order valence-corrected chi connectivity index (χ0v) is 18.6. The van der Waals surface area contributed by atoms with Gasteiger partial charge in [-0.25, -0.2) is 8.42 Å². The number of carbonyl (C=O) groups excluding carboxylic acids is 2. The first-order valence-electron chi connectivity index (χ1n) is 9.43. The number of nitrogens with one attached hydrogen (secondary N) is 2. The number of anilines is 1. The lowest BCUT2D eigenvalue weighted by atomic mass is 10.1. The molecule has 0 radical (unpaired) electrons. The maximum absolute atomic E-state index is 12.6. The van der Waals surface area contributed by atoms with E-state index in [1.807, 2.05) is 0 Å². The van der Waals surface area contributed by atoms with Crippen LogP contribution in [-0.4, -0.2) is 47.2 Å². The van der Waals surface area contributed by atoms with Gasteiger partial charge >= 0.3 is 5.97 Å². The lowest BCUT2D eigenvalue weighted by molar-refractivity contribution is -0.150. The molecular weight excluding hydrogens is 424 g/mol. The molecule has 0 aliphatic rings. The van der Waals surface area contributed by atoms with Crippen molar-refractivity contribution in [3.63, 3.8) is 0 Å². The van der Waals surface area contributed by atoms with Gasteiger partial charge in [0.25, 0.3) is 5.91 Å². The van der Waals surface area contributed by atoms with Crippen molar-refractivity contribution in [3.8, 4) is 11.5 Å². The molecule has 2 rings (SSSR count). The summed E-state index contributed by atoms with van der Waals surface area (Å²) in [6, 6.07) is 11.2. The summed E-state index contributed by atoms with van der Waals surface area (Å²) >= 11 is 0. The van der Waals surface area contributed by atoms with Gasteiger partial charge in [0, 0.05) is 11.8 Å². The van der Waals surface area contributed by atoms with Crippen LogP contribution in [0.1, 0.15) is 13.8 Å². The van der Waals surface area contributed by atoms with Crippen molar-refractivity contribution < 1.29 is 32.2 Å². The molecule has 2 aromatic carbocycles. The lowest BCUT2D eigenvalue weighted by Crippen LogP contribution is -2.45. The number of rotatable bonds is 10. The van der Waals surface area contributed by atoms with E-state index in [4.69, 9.17) is 14.2 Å². The van der Waals surface area contributed by atoms with E-state index >= 15 is 0 Å². The van der Waals surface area contributed by atoms with Crippen molar-refractivity contribution in [2.75, 3.05) is 26.1 Å². The monoisotopic (exact) mass is 450 g/mol. The van der Waals surface area contributed by atoms with Crippen LogP contribution in [0.4, 0.5) is 5.69 Å². The molecule has 0 aliphatic heterocycles. The highest BCUT2D eigenvalue weighted by atomic mass is 32.2. The SMILES string of the molecule is COc1ccc(S(=O)(=O)NC(C(=O)OCC(=O)Nc2cccc(OC)c2)C(C)C)cc1. The van der Waals surface area contributed by atoms with Crippen LogP contribution in [0.2, 0.25) is 0 Å². The van der Waals surface area contributed by atoms with E-state index in [2.05, 4.69) is 10.0 Å². The number of carbonyl (C=O) groups is 2. The Morgan fingerprint density at radius 1 is 0.968 bits per heavy atom. The smallest absolute Gasteiger partial charge is 0.324 e. The van der Waals surface area contributed by atoms with Crippen LogP contribution in [0, 0.1) is 5.92 Å². The van der Waals surface area contributed by atoms with Gasteiger partial charge in [0.15, 0.2) is 6.61 Å². The highest BCUT2D eigenvalue weighted by Crippen LogP contribution is 2.18. The summed E-state index contributed by atoms with van der Waals surface area (Å²) in [6.07, 6.45) is 0. The second-order valence-electron chi connectivity index (χ2n) is 6.91. The molecule has 9 nitrogen and oxygen atoms in total. The second kappa shape index (κ2) is 10.8. The van der Waals surface area contributed by atoms with Crippen LogP contribution in [0.3, 0.4) is 0 Å². The number of methoxy groups -OCH3 is 2. The predicted octanol–water partition coefficient (Wildman–Crippen LogP) is 2.19. The molecule has 0 aliphatic carbocycles. The van der Waals surface area contributed by atoms with Gasteiger partial charge in [-0.05, 0) is 42.3 Å². The number of esters is 1. The summed E-state index contributed by atoms with van der Waals surface area (Å²) in [4.78, 5) is 24.6. The first kappa shape index (κ1) is 24.2. The van der Waals surface area contributed by atoms with E-state index in [0.717, 1.165) is 0 Å². The molecule has 31 heavy (non-hydrogen) atoms. The van der Waals surface area contributed by atoms with Crippen LogP contribution in [0.5, 0.6) is 11.5 Å². The molecule has 1 atom stereocenters. The second-order valence-corrected chi connectivity index (χ2v) is 8.62. The molecule has 2 N–H and O–H groups in total. The molecule has 0 heterocycles. The molecule has 0 aromatic heterocycles. The predicted molar refractivity (Wildman–Crippen MR) is 115 cm³/mol. The number of ether oxygens (including phenoxy) is 3. The fourth-order valence-corrected chi connectivity index (χ4v) is 3.90. The topological polar surface area (TPSA) is 120 Å². The number of hydrogen-bond donors (Lipinski definition) is 2. The number of sulfonamides is 1. The molecule has 0 bridgehead atoms. The fraction of sp³-hybridized carbons (Fsp3) is 0.333. The summed E-state index contributed by atoms with van der Waals surface area (Å²) in [6.45, 7) is 2.76. The summed E-state index contributed by atoms with van der Waals surface area (Å²) < 4.78 is 42.8. The van der Waals surface area contributed by atoms with Gasteiger partial charge in [-0.15, -0.1) is 0 Å². The molecule has 0 fully saturated rings. The van der Waals surface area contributed by atoms with E-state index in [0.29, 0.717) is 17.2 Å². The maximum Gasteiger partial charge on any atom is 0.324 e. The molecule has 1 unspecified atom stereocenters. The third kappa shape index (κ3) is 6.97. The highest BCUT2D eigenvalue weighted by molar-refractivity contribution is 7.89. The quantitative estimate of drug-likeness (QED) is 0.533. The largest absolute Gasteiger partial charge is 0.497 e. The Hall–Kier alpha value is -3.11.